The topological polar surface area (TPSA) is 52.9 Å². The highest BCUT2D eigenvalue weighted by Crippen LogP contribution is 2.34. The van der Waals surface area contributed by atoms with Gasteiger partial charge >= 0.3 is 0 Å². The third-order valence-corrected chi connectivity index (χ3v) is 5.37. The molecule has 1 heterocycles. The van der Waals surface area contributed by atoms with Crippen LogP contribution in [-0.2, 0) is 17.6 Å². The summed E-state index contributed by atoms with van der Waals surface area (Å²) in [5.41, 5.74) is 2.98. The van der Waals surface area contributed by atoms with Crippen LogP contribution in [0, 0.1) is 11.3 Å². The van der Waals surface area contributed by atoms with Crippen molar-refractivity contribution in [3.05, 3.63) is 51.9 Å². The van der Waals surface area contributed by atoms with Crippen molar-refractivity contribution in [3.63, 3.8) is 0 Å². The highest BCUT2D eigenvalue weighted by Gasteiger charge is 2.27. The van der Waals surface area contributed by atoms with E-state index in [1.54, 1.807) is 0 Å². The fraction of sp³-hybridized carbons (Fsp3) is 0.333. The number of rotatable bonds is 3. The molecule has 0 fully saturated rings. The third kappa shape index (κ3) is 2.77. The molecule has 0 saturated carbocycles. The molecule has 0 radical (unpaired) electrons. The summed E-state index contributed by atoms with van der Waals surface area (Å²) in [6.07, 6.45) is 3.82. The SMILES string of the molecule is CCc1cc(C#N)c(NC(=O)C2CCCc3ccccc32)s1. The Morgan fingerprint density at radius 2 is 2.27 bits per heavy atom. The minimum atomic E-state index is -0.108. The summed E-state index contributed by atoms with van der Waals surface area (Å²) in [4.78, 5) is 13.8. The van der Waals surface area contributed by atoms with Gasteiger partial charge in [0.05, 0.1) is 11.5 Å². The number of hydrogen-bond donors (Lipinski definition) is 1. The molecule has 1 aromatic carbocycles. The zero-order valence-electron chi connectivity index (χ0n) is 12.6. The Bertz CT molecular complexity index is 742. The van der Waals surface area contributed by atoms with Crippen LogP contribution in [0.25, 0.3) is 0 Å². The molecule has 3 nitrogen and oxygen atoms in total. The van der Waals surface area contributed by atoms with Crippen LogP contribution < -0.4 is 5.32 Å². The van der Waals surface area contributed by atoms with Gasteiger partial charge in [0.1, 0.15) is 11.1 Å². The standard InChI is InChI=1S/C18H18N2OS/c1-2-14-10-13(11-19)18(22-14)20-17(21)16-9-5-7-12-6-3-4-8-15(12)16/h3-4,6,8,10,16H,2,5,7,9H2,1H3,(H,20,21). The minimum absolute atomic E-state index is 0.00755. The molecule has 3 rings (SSSR count). The molecule has 0 spiro atoms. The zero-order valence-corrected chi connectivity index (χ0v) is 13.4. The molecule has 1 amide bonds. The van der Waals surface area contributed by atoms with Crippen molar-refractivity contribution in [1.82, 2.24) is 0 Å². The summed E-state index contributed by atoms with van der Waals surface area (Å²) in [5.74, 6) is -0.100. The van der Waals surface area contributed by atoms with Gasteiger partial charge in [0.25, 0.3) is 0 Å². The summed E-state index contributed by atoms with van der Waals surface area (Å²) in [7, 11) is 0. The van der Waals surface area contributed by atoms with Crippen LogP contribution in [0.15, 0.2) is 30.3 Å². The average Bonchev–Trinajstić information content (AvgIpc) is 2.96. The van der Waals surface area contributed by atoms with Crippen LogP contribution in [0.5, 0.6) is 0 Å². The van der Waals surface area contributed by atoms with Gasteiger partial charge in [0, 0.05) is 4.88 Å². The first kappa shape index (κ1) is 14.8. The number of benzene rings is 1. The quantitative estimate of drug-likeness (QED) is 0.922. The van der Waals surface area contributed by atoms with Gasteiger partial charge in [-0.1, -0.05) is 31.2 Å². The van der Waals surface area contributed by atoms with Crippen molar-refractivity contribution < 1.29 is 4.79 Å². The maximum Gasteiger partial charge on any atom is 0.232 e. The summed E-state index contributed by atoms with van der Waals surface area (Å²) in [5, 5.41) is 12.9. The minimum Gasteiger partial charge on any atom is -0.316 e. The van der Waals surface area contributed by atoms with Gasteiger partial charge in [0.15, 0.2) is 0 Å². The molecule has 1 aliphatic carbocycles. The molecule has 1 aromatic heterocycles. The molecular weight excluding hydrogens is 292 g/mol. The number of fused-ring (bicyclic) bond motifs is 1. The predicted molar refractivity (Wildman–Crippen MR) is 89.2 cm³/mol. The number of hydrogen-bond acceptors (Lipinski definition) is 3. The van der Waals surface area contributed by atoms with E-state index in [2.05, 4.69) is 30.4 Å². The van der Waals surface area contributed by atoms with Crippen LogP contribution in [0.3, 0.4) is 0 Å². The van der Waals surface area contributed by atoms with E-state index in [9.17, 15) is 10.1 Å². The van der Waals surface area contributed by atoms with E-state index in [1.807, 2.05) is 18.2 Å². The van der Waals surface area contributed by atoms with Crippen molar-refractivity contribution in [2.24, 2.45) is 0 Å². The van der Waals surface area contributed by atoms with E-state index >= 15 is 0 Å². The Labute approximate surface area is 134 Å². The Balaban J connectivity index is 1.84. The highest BCUT2D eigenvalue weighted by molar-refractivity contribution is 7.16. The molecule has 0 bridgehead atoms. The number of nitriles is 1. The van der Waals surface area contributed by atoms with Crippen molar-refractivity contribution in [2.75, 3.05) is 5.32 Å². The number of anilines is 1. The smallest absolute Gasteiger partial charge is 0.232 e. The van der Waals surface area contributed by atoms with Gasteiger partial charge in [-0.25, -0.2) is 0 Å². The van der Waals surface area contributed by atoms with Gasteiger partial charge < -0.3 is 5.32 Å². The fourth-order valence-corrected chi connectivity index (χ4v) is 3.97. The van der Waals surface area contributed by atoms with Gasteiger partial charge in [-0.3, -0.25) is 4.79 Å². The molecule has 2 aromatic rings. The Hall–Kier alpha value is -2.12. The molecule has 1 unspecified atom stereocenters. The lowest BCUT2D eigenvalue weighted by Gasteiger charge is -2.24. The first-order valence-corrected chi connectivity index (χ1v) is 8.46. The lowest BCUT2D eigenvalue weighted by Crippen LogP contribution is -2.24. The second-order valence-electron chi connectivity index (χ2n) is 5.55. The van der Waals surface area contributed by atoms with Crippen molar-refractivity contribution in [2.45, 2.75) is 38.5 Å². The maximum absolute atomic E-state index is 12.7. The van der Waals surface area contributed by atoms with E-state index in [0.29, 0.717) is 10.6 Å². The molecular formula is C18H18N2OS. The van der Waals surface area contributed by atoms with E-state index < -0.39 is 0 Å². The van der Waals surface area contributed by atoms with E-state index in [1.165, 1.54) is 16.9 Å². The van der Waals surface area contributed by atoms with E-state index in [4.69, 9.17) is 0 Å². The van der Waals surface area contributed by atoms with Crippen molar-refractivity contribution in [1.29, 1.82) is 5.26 Å². The largest absolute Gasteiger partial charge is 0.316 e. The summed E-state index contributed by atoms with van der Waals surface area (Å²) < 4.78 is 0. The number of amides is 1. The number of thiophene rings is 1. The van der Waals surface area contributed by atoms with Gasteiger partial charge in [-0.2, -0.15) is 5.26 Å². The van der Waals surface area contributed by atoms with E-state index in [-0.39, 0.29) is 11.8 Å². The van der Waals surface area contributed by atoms with Gasteiger partial charge in [-0.15, -0.1) is 11.3 Å². The van der Waals surface area contributed by atoms with Gasteiger partial charge in [-0.05, 0) is 42.9 Å². The van der Waals surface area contributed by atoms with Crippen molar-refractivity contribution >= 4 is 22.2 Å². The number of carbonyl (C=O) groups is 1. The number of nitrogens with one attached hydrogen (secondary N) is 1. The predicted octanol–water partition coefficient (Wildman–Crippen LogP) is 4.24. The first-order chi connectivity index (χ1) is 10.7. The van der Waals surface area contributed by atoms with Crippen LogP contribution in [-0.4, -0.2) is 5.91 Å². The van der Waals surface area contributed by atoms with Crippen LogP contribution in [0.4, 0.5) is 5.00 Å². The van der Waals surface area contributed by atoms with Crippen LogP contribution >= 0.6 is 11.3 Å². The number of carbonyl (C=O) groups excluding carboxylic acids is 1. The number of aryl methyl sites for hydroxylation is 2. The molecule has 1 N–H and O–H groups in total. The monoisotopic (exact) mass is 310 g/mol. The summed E-state index contributed by atoms with van der Waals surface area (Å²) in [6.45, 7) is 2.05. The molecule has 4 heteroatoms. The number of nitrogens with zero attached hydrogens (tertiary/aromatic N) is 1. The lowest BCUT2D eigenvalue weighted by atomic mass is 9.82. The van der Waals surface area contributed by atoms with Crippen LogP contribution in [0.2, 0.25) is 0 Å². The second kappa shape index (κ2) is 6.33. The van der Waals surface area contributed by atoms with E-state index in [0.717, 1.165) is 36.1 Å². The molecule has 0 aliphatic heterocycles. The Morgan fingerprint density at radius 3 is 3.05 bits per heavy atom. The van der Waals surface area contributed by atoms with Gasteiger partial charge in [0.2, 0.25) is 5.91 Å². The molecule has 0 saturated heterocycles. The molecule has 22 heavy (non-hydrogen) atoms. The van der Waals surface area contributed by atoms with Crippen LogP contribution in [0.1, 0.15) is 47.3 Å². The summed E-state index contributed by atoms with van der Waals surface area (Å²) in [6, 6.07) is 12.2. The highest BCUT2D eigenvalue weighted by atomic mass is 32.1. The normalized spacial score (nSPS) is 16.6. The Kier molecular flexibility index (Phi) is 4.26. The fourth-order valence-electron chi connectivity index (χ4n) is 3.02. The zero-order chi connectivity index (χ0) is 15.5. The average molecular weight is 310 g/mol. The molecule has 112 valence electrons. The first-order valence-electron chi connectivity index (χ1n) is 7.64. The second-order valence-corrected chi connectivity index (χ2v) is 6.69. The Morgan fingerprint density at radius 1 is 1.45 bits per heavy atom. The third-order valence-electron chi connectivity index (χ3n) is 4.17. The molecule has 1 aliphatic rings. The maximum atomic E-state index is 12.7. The lowest BCUT2D eigenvalue weighted by molar-refractivity contribution is -0.117. The van der Waals surface area contributed by atoms with Crippen molar-refractivity contribution in [3.8, 4) is 6.07 Å². The summed E-state index contributed by atoms with van der Waals surface area (Å²) >= 11 is 1.50. The molecule has 1 atom stereocenters.